The molecule has 0 unspecified atom stereocenters. The summed E-state index contributed by atoms with van der Waals surface area (Å²) in [5, 5.41) is 8.63. The predicted molar refractivity (Wildman–Crippen MR) is 72.4 cm³/mol. The monoisotopic (exact) mass is 271 g/mol. The third-order valence-electron chi connectivity index (χ3n) is 2.99. The Morgan fingerprint density at radius 3 is 2.56 bits per heavy atom. The Balaban J connectivity index is 0.00000162. The first kappa shape index (κ1) is 14.7. The molecule has 18 heavy (non-hydrogen) atoms. The lowest BCUT2D eigenvalue weighted by Crippen LogP contribution is -2.47. The molecular formula is C12H18ClN3O2. The van der Waals surface area contributed by atoms with Crippen molar-refractivity contribution in [1.29, 1.82) is 0 Å². The van der Waals surface area contributed by atoms with E-state index in [0.717, 1.165) is 32.0 Å². The summed E-state index contributed by atoms with van der Waals surface area (Å²) >= 11 is 0. The Morgan fingerprint density at radius 2 is 2.00 bits per heavy atom. The van der Waals surface area contributed by atoms with Crippen molar-refractivity contribution in [3.8, 4) is 0 Å². The number of carboxylic acid groups (broad SMARTS) is 1. The molecule has 1 saturated heterocycles. The summed E-state index contributed by atoms with van der Waals surface area (Å²) in [5.41, 5.74) is 0. The van der Waals surface area contributed by atoms with Crippen LogP contribution in [0.3, 0.4) is 0 Å². The summed E-state index contributed by atoms with van der Waals surface area (Å²) < 4.78 is 0. The normalized spacial score (nSPS) is 16.1. The maximum atomic E-state index is 10.5. The van der Waals surface area contributed by atoms with Gasteiger partial charge in [-0.1, -0.05) is 6.07 Å². The van der Waals surface area contributed by atoms with Gasteiger partial charge in [0.25, 0.3) is 0 Å². The van der Waals surface area contributed by atoms with E-state index in [1.165, 1.54) is 0 Å². The molecule has 2 rings (SSSR count). The summed E-state index contributed by atoms with van der Waals surface area (Å²) in [6, 6.07) is 5.90. The molecule has 2 heterocycles. The number of nitrogens with zero attached hydrogens (tertiary/aromatic N) is 3. The first-order valence-electron chi connectivity index (χ1n) is 5.86. The van der Waals surface area contributed by atoms with Crippen LogP contribution in [0.15, 0.2) is 24.4 Å². The minimum absolute atomic E-state index is 0. The van der Waals surface area contributed by atoms with E-state index in [9.17, 15) is 4.79 Å². The number of anilines is 1. The number of aliphatic carboxylic acids is 1. The van der Waals surface area contributed by atoms with Gasteiger partial charge in [0.15, 0.2) is 0 Å². The van der Waals surface area contributed by atoms with Crippen molar-refractivity contribution in [2.75, 3.05) is 37.6 Å². The van der Waals surface area contributed by atoms with E-state index >= 15 is 0 Å². The number of hydrogen-bond acceptors (Lipinski definition) is 4. The summed E-state index contributed by atoms with van der Waals surface area (Å²) in [7, 11) is 0. The number of carboxylic acids is 1. The highest BCUT2D eigenvalue weighted by Gasteiger charge is 2.17. The molecule has 5 nitrogen and oxygen atoms in total. The average Bonchev–Trinajstić information content (AvgIpc) is 2.38. The van der Waals surface area contributed by atoms with Crippen LogP contribution in [0.25, 0.3) is 0 Å². The Hall–Kier alpha value is -1.33. The molecule has 0 aromatic carbocycles. The number of halogens is 1. The average molecular weight is 272 g/mol. The molecule has 1 aromatic rings. The number of carbonyl (C=O) groups is 1. The number of pyridine rings is 1. The number of piperazine rings is 1. The van der Waals surface area contributed by atoms with Crippen molar-refractivity contribution in [2.24, 2.45) is 0 Å². The Labute approximate surface area is 113 Å². The van der Waals surface area contributed by atoms with Crippen LogP contribution in [0, 0.1) is 0 Å². The standard InChI is InChI=1S/C12H17N3O2.ClH/c16-12(17)4-6-14-7-9-15(10-8-14)11-3-1-2-5-13-11;/h1-3,5H,4,6-10H2,(H,16,17);1H. The largest absolute Gasteiger partial charge is 0.481 e. The van der Waals surface area contributed by atoms with Crippen LogP contribution in [0.5, 0.6) is 0 Å². The summed E-state index contributed by atoms with van der Waals surface area (Å²) in [4.78, 5) is 19.2. The van der Waals surface area contributed by atoms with Crippen LogP contribution in [-0.2, 0) is 4.79 Å². The van der Waals surface area contributed by atoms with E-state index in [-0.39, 0.29) is 18.8 Å². The summed E-state index contributed by atoms with van der Waals surface area (Å²) in [6.07, 6.45) is 2.02. The van der Waals surface area contributed by atoms with Crippen LogP contribution in [-0.4, -0.2) is 53.7 Å². The zero-order chi connectivity index (χ0) is 12.1. The number of hydrogen-bond donors (Lipinski definition) is 1. The van der Waals surface area contributed by atoms with Gasteiger partial charge >= 0.3 is 5.97 Å². The zero-order valence-corrected chi connectivity index (χ0v) is 11.0. The second-order valence-electron chi connectivity index (χ2n) is 4.16. The third-order valence-corrected chi connectivity index (χ3v) is 2.99. The van der Waals surface area contributed by atoms with Gasteiger partial charge in [-0.15, -0.1) is 12.4 Å². The first-order valence-corrected chi connectivity index (χ1v) is 5.86. The van der Waals surface area contributed by atoms with Crippen molar-refractivity contribution in [3.63, 3.8) is 0 Å². The maximum absolute atomic E-state index is 10.5. The quantitative estimate of drug-likeness (QED) is 0.889. The molecule has 1 aliphatic heterocycles. The molecule has 0 bridgehead atoms. The minimum Gasteiger partial charge on any atom is -0.481 e. The summed E-state index contributed by atoms with van der Waals surface area (Å²) in [6.45, 7) is 4.28. The molecule has 0 radical (unpaired) electrons. The van der Waals surface area contributed by atoms with Gasteiger partial charge < -0.3 is 10.0 Å². The molecule has 6 heteroatoms. The Morgan fingerprint density at radius 1 is 1.28 bits per heavy atom. The van der Waals surface area contributed by atoms with Crippen molar-refractivity contribution < 1.29 is 9.90 Å². The van der Waals surface area contributed by atoms with Crippen molar-refractivity contribution in [1.82, 2.24) is 9.88 Å². The van der Waals surface area contributed by atoms with E-state index < -0.39 is 5.97 Å². The lowest BCUT2D eigenvalue weighted by Gasteiger charge is -2.35. The second-order valence-corrected chi connectivity index (χ2v) is 4.16. The highest BCUT2D eigenvalue weighted by atomic mass is 35.5. The fourth-order valence-corrected chi connectivity index (χ4v) is 2.00. The van der Waals surface area contributed by atoms with E-state index in [1.807, 2.05) is 18.2 Å². The van der Waals surface area contributed by atoms with Crippen LogP contribution in [0.2, 0.25) is 0 Å². The van der Waals surface area contributed by atoms with E-state index in [4.69, 9.17) is 5.11 Å². The molecule has 1 fully saturated rings. The number of aromatic nitrogens is 1. The van der Waals surface area contributed by atoms with E-state index in [1.54, 1.807) is 6.20 Å². The van der Waals surface area contributed by atoms with Crippen LogP contribution >= 0.6 is 12.4 Å². The molecule has 0 amide bonds. The van der Waals surface area contributed by atoms with E-state index in [0.29, 0.717) is 6.54 Å². The molecule has 100 valence electrons. The zero-order valence-electron chi connectivity index (χ0n) is 10.2. The minimum atomic E-state index is -0.725. The van der Waals surface area contributed by atoms with E-state index in [2.05, 4.69) is 14.8 Å². The third kappa shape index (κ3) is 4.16. The van der Waals surface area contributed by atoms with Gasteiger partial charge in [-0.3, -0.25) is 9.69 Å². The molecule has 1 aliphatic rings. The van der Waals surface area contributed by atoms with Gasteiger partial charge in [0, 0.05) is 38.9 Å². The fourth-order valence-electron chi connectivity index (χ4n) is 2.00. The van der Waals surface area contributed by atoms with Gasteiger partial charge in [-0.05, 0) is 12.1 Å². The highest BCUT2D eigenvalue weighted by molar-refractivity contribution is 5.85. The molecule has 0 spiro atoms. The SMILES string of the molecule is Cl.O=C(O)CCN1CCN(c2ccccn2)CC1. The lowest BCUT2D eigenvalue weighted by atomic mass is 10.3. The predicted octanol–water partition coefficient (Wildman–Crippen LogP) is 1.10. The van der Waals surface area contributed by atoms with Gasteiger partial charge in [0.05, 0.1) is 6.42 Å². The van der Waals surface area contributed by atoms with Crippen molar-refractivity contribution >= 4 is 24.2 Å². The smallest absolute Gasteiger partial charge is 0.304 e. The van der Waals surface area contributed by atoms with Gasteiger partial charge in [0.2, 0.25) is 0 Å². The van der Waals surface area contributed by atoms with Gasteiger partial charge in [-0.2, -0.15) is 0 Å². The molecule has 1 aromatic heterocycles. The van der Waals surface area contributed by atoms with Gasteiger partial charge in [-0.25, -0.2) is 4.98 Å². The van der Waals surface area contributed by atoms with Crippen LogP contribution in [0.4, 0.5) is 5.82 Å². The second kappa shape index (κ2) is 7.18. The van der Waals surface area contributed by atoms with Gasteiger partial charge in [0.1, 0.15) is 5.82 Å². The maximum Gasteiger partial charge on any atom is 0.304 e. The molecule has 0 atom stereocenters. The Kier molecular flexibility index (Phi) is 5.88. The summed E-state index contributed by atoms with van der Waals surface area (Å²) in [5.74, 6) is 0.280. The lowest BCUT2D eigenvalue weighted by molar-refractivity contribution is -0.137. The number of rotatable bonds is 4. The van der Waals surface area contributed by atoms with Crippen LogP contribution in [0.1, 0.15) is 6.42 Å². The Bertz CT molecular complexity index is 367. The molecule has 0 saturated carbocycles. The molecular weight excluding hydrogens is 254 g/mol. The fraction of sp³-hybridized carbons (Fsp3) is 0.500. The molecule has 1 N–H and O–H groups in total. The topological polar surface area (TPSA) is 56.7 Å². The molecule has 0 aliphatic carbocycles. The van der Waals surface area contributed by atoms with Crippen LogP contribution < -0.4 is 4.90 Å². The first-order chi connectivity index (χ1) is 8.25. The van der Waals surface area contributed by atoms with Crippen molar-refractivity contribution in [3.05, 3.63) is 24.4 Å². The highest BCUT2D eigenvalue weighted by Crippen LogP contribution is 2.12. The van der Waals surface area contributed by atoms with Crippen molar-refractivity contribution in [2.45, 2.75) is 6.42 Å².